The molecule has 1 unspecified atom stereocenters. The molecule has 17 heteroatoms. The summed E-state index contributed by atoms with van der Waals surface area (Å²) in [4.78, 5) is 75.5. The van der Waals surface area contributed by atoms with E-state index < -0.39 is 47.4 Å². The van der Waals surface area contributed by atoms with Gasteiger partial charge in [0.2, 0.25) is 11.8 Å². The summed E-state index contributed by atoms with van der Waals surface area (Å²) in [5, 5.41) is 8.26. The van der Waals surface area contributed by atoms with Gasteiger partial charge in [-0.15, -0.1) is 0 Å². The summed E-state index contributed by atoms with van der Waals surface area (Å²) in [5.41, 5.74) is 1.93. The minimum atomic E-state index is -4.67. The topological polar surface area (TPSA) is 167 Å². The molecule has 4 fully saturated rings. The first-order chi connectivity index (χ1) is 28.8. The average molecular weight is 827 g/mol. The zero-order chi connectivity index (χ0) is 41.9. The zero-order valence-electron chi connectivity index (χ0n) is 33.0. The van der Waals surface area contributed by atoms with Crippen LogP contribution in [0.1, 0.15) is 106 Å². The number of benzene rings is 1. The van der Waals surface area contributed by atoms with Crippen molar-refractivity contribution in [3.05, 3.63) is 83.1 Å². The Morgan fingerprint density at radius 1 is 0.933 bits per heavy atom. The van der Waals surface area contributed by atoms with Gasteiger partial charge in [0.1, 0.15) is 34.5 Å². The number of imidazole rings is 1. The predicted molar refractivity (Wildman–Crippen MR) is 211 cm³/mol. The van der Waals surface area contributed by atoms with Crippen molar-refractivity contribution in [2.24, 2.45) is 17.3 Å². The standard InChI is InChI=1S/C43H45F3N8O6/c1-60-33-16-35-49-30(20-53(35)21-31(33)50-38(56)29-6-3-7-34(48-29)43(44,45)46)26-10-8-24(9-11-26)19-52-22-42(23-52)17-25(18-42)14-15-47-28-5-2-4-27-37(28)41(59)54(40(27)58)32-12-13-36(55)51-39(32)57/h2-7,16,20-21,24-26,32,47H,8-15,17-19,22-23H2,1H3,(H,50,56)(H,51,55,57). The van der Waals surface area contributed by atoms with Crippen LogP contribution in [0.2, 0.25) is 0 Å². The first-order valence-corrected chi connectivity index (χ1v) is 20.5. The molecule has 2 aliphatic carbocycles. The van der Waals surface area contributed by atoms with Crippen molar-refractivity contribution >= 4 is 46.6 Å². The van der Waals surface area contributed by atoms with Crippen LogP contribution >= 0.6 is 0 Å². The molecule has 3 aliphatic heterocycles. The van der Waals surface area contributed by atoms with Gasteiger partial charge in [-0.2, -0.15) is 13.2 Å². The summed E-state index contributed by atoms with van der Waals surface area (Å²) in [5.74, 6) is -0.984. The second-order valence-electron chi connectivity index (χ2n) is 17.1. The second kappa shape index (κ2) is 15.3. The number of alkyl halides is 3. The van der Waals surface area contributed by atoms with E-state index >= 15 is 0 Å². The number of ether oxygens (including phenoxy) is 1. The van der Waals surface area contributed by atoms with Gasteiger partial charge in [-0.05, 0) is 92.9 Å². The van der Waals surface area contributed by atoms with Gasteiger partial charge in [-0.3, -0.25) is 34.2 Å². The second-order valence-corrected chi connectivity index (χ2v) is 17.1. The first kappa shape index (κ1) is 39.6. The molecule has 1 aromatic carbocycles. The molecule has 2 saturated heterocycles. The molecule has 3 N–H and O–H groups in total. The number of methoxy groups -OCH3 is 1. The van der Waals surface area contributed by atoms with E-state index in [1.54, 1.807) is 34.9 Å². The van der Waals surface area contributed by atoms with E-state index in [1.165, 1.54) is 26.0 Å². The molecule has 60 heavy (non-hydrogen) atoms. The van der Waals surface area contributed by atoms with Crippen LogP contribution < -0.4 is 20.7 Å². The monoisotopic (exact) mass is 826 g/mol. The number of hydrogen-bond donors (Lipinski definition) is 3. The van der Waals surface area contributed by atoms with Crippen LogP contribution in [0.4, 0.5) is 24.5 Å². The minimum absolute atomic E-state index is 0.0785. The fraction of sp³-hybridized carbons (Fsp3) is 0.465. The van der Waals surface area contributed by atoms with E-state index in [4.69, 9.17) is 9.72 Å². The van der Waals surface area contributed by atoms with E-state index in [0.29, 0.717) is 46.8 Å². The Morgan fingerprint density at radius 2 is 1.70 bits per heavy atom. The highest BCUT2D eigenvalue weighted by Crippen LogP contribution is 2.53. The Hall–Kier alpha value is -5.84. The van der Waals surface area contributed by atoms with E-state index in [2.05, 4.69) is 25.8 Å². The largest absolute Gasteiger partial charge is 0.494 e. The van der Waals surface area contributed by atoms with Gasteiger partial charge >= 0.3 is 6.18 Å². The maximum Gasteiger partial charge on any atom is 0.433 e. The lowest BCUT2D eigenvalue weighted by Crippen LogP contribution is -2.63. The first-order valence-electron chi connectivity index (χ1n) is 20.5. The molecule has 5 amide bonds. The van der Waals surface area contributed by atoms with Gasteiger partial charge in [0.15, 0.2) is 0 Å². The number of carbonyl (C=O) groups excluding carboxylic acids is 5. The highest BCUT2D eigenvalue weighted by Gasteiger charge is 2.52. The zero-order valence-corrected chi connectivity index (χ0v) is 33.0. The van der Waals surface area contributed by atoms with Crippen molar-refractivity contribution < 1.29 is 41.9 Å². The molecule has 6 heterocycles. The summed E-state index contributed by atoms with van der Waals surface area (Å²) in [6, 6.07) is 9.03. The third-order valence-electron chi connectivity index (χ3n) is 13.0. The van der Waals surface area contributed by atoms with Crippen LogP contribution in [0.15, 0.2) is 54.9 Å². The molecular weight excluding hydrogens is 782 g/mol. The van der Waals surface area contributed by atoms with Crippen molar-refractivity contribution in [2.75, 3.05) is 43.9 Å². The van der Waals surface area contributed by atoms with Crippen LogP contribution in [0.5, 0.6) is 5.75 Å². The van der Waals surface area contributed by atoms with E-state index in [0.717, 1.165) is 74.5 Å². The van der Waals surface area contributed by atoms with Crippen LogP contribution in [0, 0.1) is 17.3 Å². The smallest absolute Gasteiger partial charge is 0.433 e. The summed E-state index contributed by atoms with van der Waals surface area (Å²) < 4.78 is 46.8. The Kier molecular flexibility index (Phi) is 10.1. The molecule has 5 aliphatic rings. The van der Waals surface area contributed by atoms with Crippen molar-refractivity contribution in [1.82, 2.24) is 29.5 Å². The van der Waals surface area contributed by atoms with Gasteiger partial charge in [0.25, 0.3) is 17.7 Å². The number of nitrogens with one attached hydrogen (secondary N) is 3. The molecule has 2 saturated carbocycles. The summed E-state index contributed by atoms with van der Waals surface area (Å²) in [6.45, 7) is 4.00. The maximum atomic E-state index is 13.4. The molecule has 0 bridgehead atoms. The fourth-order valence-corrected chi connectivity index (χ4v) is 10.1. The molecule has 14 nitrogen and oxygen atoms in total. The number of imide groups is 2. The maximum absolute atomic E-state index is 13.4. The lowest BCUT2D eigenvalue weighted by atomic mass is 9.57. The minimum Gasteiger partial charge on any atom is -0.494 e. The number of nitrogens with zero attached hydrogens (tertiary/aromatic N) is 5. The van der Waals surface area contributed by atoms with Crippen LogP contribution in [0.25, 0.3) is 5.65 Å². The van der Waals surface area contributed by atoms with E-state index in [9.17, 15) is 37.1 Å². The molecule has 314 valence electrons. The van der Waals surface area contributed by atoms with Gasteiger partial charge < -0.3 is 24.7 Å². The quantitative estimate of drug-likeness (QED) is 0.155. The Bertz CT molecular complexity index is 2390. The normalized spacial score (nSPS) is 23.0. The number of likely N-dealkylation sites (tertiary alicyclic amines) is 1. The third kappa shape index (κ3) is 7.47. The highest BCUT2D eigenvalue weighted by atomic mass is 19.4. The van der Waals surface area contributed by atoms with Crippen LogP contribution in [-0.2, 0) is 15.8 Å². The van der Waals surface area contributed by atoms with Gasteiger partial charge in [0.05, 0.1) is 23.9 Å². The van der Waals surface area contributed by atoms with Crippen molar-refractivity contribution in [2.45, 2.75) is 75.9 Å². The molecule has 1 spiro atoms. The number of pyridine rings is 2. The fourth-order valence-electron chi connectivity index (χ4n) is 10.1. The van der Waals surface area contributed by atoms with Gasteiger partial charge in [-0.25, -0.2) is 9.97 Å². The number of carbonyl (C=O) groups is 5. The molecule has 1 atom stereocenters. The lowest BCUT2D eigenvalue weighted by molar-refractivity contribution is -0.141. The number of hydrogen-bond acceptors (Lipinski definition) is 10. The number of anilines is 2. The number of amides is 5. The highest BCUT2D eigenvalue weighted by molar-refractivity contribution is 6.25. The molecule has 4 aromatic rings. The van der Waals surface area contributed by atoms with Crippen molar-refractivity contribution in [3.63, 3.8) is 0 Å². The van der Waals surface area contributed by atoms with E-state index in [1.807, 2.05) is 6.20 Å². The number of fused-ring (bicyclic) bond motifs is 2. The summed E-state index contributed by atoms with van der Waals surface area (Å²) in [7, 11) is 1.45. The summed E-state index contributed by atoms with van der Waals surface area (Å²) in [6.07, 6.45) is 6.69. The number of rotatable bonds is 11. The average Bonchev–Trinajstić information content (AvgIpc) is 3.73. The molecule has 9 rings (SSSR count). The molecular formula is C43H45F3N8O6. The van der Waals surface area contributed by atoms with E-state index in [-0.39, 0.29) is 35.3 Å². The number of halogens is 3. The van der Waals surface area contributed by atoms with Gasteiger partial charge in [-0.1, -0.05) is 12.1 Å². The lowest BCUT2D eigenvalue weighted by Gasteiger charge is -2.60. The number of piperidine rings is 1. The van der Waals surface area contributed by atoms with Crippen LogP contribution in [0.3, 0.4) is 0 Å². The van der Waals surface area contributed by atoms with Gasteiger partial charge in [0, 0.05) is 62.7 Å². The Labute approximate surface area is 343 Å². The predicted octanol–water partition coefficient (Wildman–Crippen LogP) is 5.90. The van der Waals surface area contributed by atoms with Crippen molar-refractivity contribution in [3.8, 4) is 5.75 Å². The Morgan fingerprint density at radius 3 is 2.43 bits per heavy atom. The van der Waals surface area contributed by atoms with Crippen molar-refractivity contribution in [1.29, 1.82) is 0 Å². The van der Waals surface area contributed by atoms with Crippen LogP contribution in [-0.4, -0.2) is 93.0 Å². The number of aromatic nitrogens is 3. The Balaban J connectivity index is 0.719. The molecule has 3 aromatic heterocycles. The summed E-state index contributed by atoms with van der Waals surface area (Å²) >= 11 is 0. The molecule has 0 radical (unpaired) electrons. The third-order valence-corrected chi connectivity index (χ3v) is 13.0. The SMILES string of the molecule is COc1cc2nc(C3CCC(CN4CC5(CC(CCNc6cccc7c6C(=O)N(C6CCC(=O)NC6=O)C7=O)C5)C4)CC3)cn2cc1NC(=O)c1cccc(C(F)(F)F)n1.